The Hall–Kier alpha value is -1.62. The van der Waals surface area contributed by atoms with Crippen molar-refractivity contribution >= 4 is 11.6 Å². The van der Waals surface area contributed by atoms with Crippen molar-refractivity contribution in [1.29, 1.82) is 0 Å². The smallest absolute Gasteiger partial charge is 0.228 e. The van der Waals surface area contributed by atoms with Gasteiger partial charge in [0.25, 0.3) is 0 Å². The van der Waals surface area contributed by atoms with Gasteiger partial charge >= 0.3 is 0 Å². The van der Waals surface area contributed by atoms with E-state index in [0.29, 0.717) is 12.1 Å². The maximum Gasteiger partial charge on any atom is 0.228 e. The summed E-state index contributed by atoms with van der Waals surface area (Å²) < 4.78 is 18.4. The molecule has 1 aromatic carbocycles. The Labute approximate surface area is 119 Å². The molecule has 0 saturated heterocycles. The topological polar surface area (TPSA) is 64.3 Å². The first-order valence-corrected chi connectivity index (χ1v) is 6.61. The molecule has 1 amide bonds. The van der Waals surface area contributed by atoms with Crippen molar-refractivity contribution in [2.24, 2.45) is 17.1 Å². The fraction of sp³-hybridized carbons (Fsp3) is 0.533. The zero-order chi connectivity index (χ0) is 15.3. The van der Waals surface area contributed by atoms with E-state index in [4.69, 9.17) is 10.5 Å². The molecule has 0 fully saturated rings. The number of halogens is 1. The van der Waals surface area contributed by atoms with Crippen LogP contribution in [0.4, 0.5) is 10.1 Å². The third-order valence-electron chi connectivity index (χ3n) is 2.93. The molecule has 1 unspecified atom stereocenters. The Kier molecular flexibility index (Phi) is 5.51. The Morgan fingerprint density at radius 2 is 2.10 bits per heavy atom. The zero-order valence-electron chi connectivity index (χ0n) is 12.5. The van der Waals surface area contributed by atoms with Crippen molar-refractivity contribution in [3.8, 4) is 5.75 Å². The summed E-state index contributed by atoms with van der Waals surface area (Å²) in [6.45, 7) is 6.42. The first-order chi connectivity index (χ1) is 9.26. The van der Waals surface area contributed by atoms with Gasteiger partial charge in [0.15, 0.2) is 11.6 Å². The fourth-order valence-electron chi connectivity index (χ4n) is 2.01. The van der Waals surface area contributed by atoms with Crippen LogP contribution in [0.1, 0.15) is 27.2 Å². The highest BCUT2D eigenvalue weighted by atomic mass is 19.1. The lowest BCUT2D eigenvalue weighted by Crippen LogP contribution is -2.32. The zero-order valence-corrected chi connectivity index (χ0v) is 12.5. The van der Waals surface area contributed by atoms with Crippen LogP contribution in [0.5, 0.6) is 5.75 Å². The van der Waals surface area contributed by atoms with Gasteiger partial charge in [-0.05, 0) is 24.0 Å². The average molecular weight is 282 g/mol. The monoisotopic (exact) mass is 282 g/mol. The third-order valence-corrected chi connectivity index (χ3v) is 2.93. The average Bonchev–Trinajstić information content (AvgIpc) is 2.35. The second-order valence-corrected chi connectivity index (χ2v) is 6.04. The number of nitrogens with two attached hydrogens (primary N) is 1. The Bertz CT molecular complexity index is 469. The van der Waals surface area contributed by atoms with Gasteiger partial charge in [0.1, 0.15) is 0 Å². The van der Waals surface area contributed by atoms with Gasteiger partial charge in [0.2, 0.25) is 5.91 Å². The number of hydrogen-bond acceptors (Lipinski definition) is 3. The van der Waals surface area contributed by atoms with Crippen LogP contribution >= 0.6 is 0 Å². The Morgan fingerprint density at radius 3 is 2.55 bits per heavy atom. The van der Waals surface area contributed by atoms with Crippen LogP contribution in [-0.4, -0.2) is 19.6 Å². The van der Waals surface area contributed by atoms with Crippen molar-refractivity contribution in [3.63, 3.8) is 0 Å². The minimum atomic E-state index is -0.509. The maximum atomic E-state index is 13.6. The molecule has 1 atom stereocenters. The number of methoxy groups -OCH3 is 1. The first-order valence-electron chi connectivity index (χ1n) is 6.61. The molecule has 0 aliphatic rings. The molecule has 112 valence electrons. The summed E-state index contributed by atoms with van der Waals surface area (Å²) in [5, 5.41) is 2.69. The Balaban J connectivity index is 2.76. The highest BCUT2D eigenvalue weighted by Gasteiger charge is 2.24. The van der Waals surface area contributed by atoms with Crippen molar-refractivity contribution in [2.45, 2.75) is 27.2 Å². The van der Waals surface area contributed by atoms with E-state index in [0.717, 1.165) is 0 Å². The summed E-state index contributed by atoms with van der Waals surface area (Å²) in [5.41, 5.74) is 6.07. The third kappa shape index (κ3) is 4.81. The molecule has 5 heteroatoms. The predicted octanol–water partition coefficient (Wildman–Crippen LogP) is 2.78. The highest BCUT2D eigenvalue weighted by Crippen LogP contribution is 2.26. The van der Waals surface area contributed by atoms with Gasteiger partial charge < -0.3 is 15.8 Å². The van der Waals surface area contributed by atoms with Crippen LogP contribution in [0.3, 0.4) is 0 Å². The van der Waals surface area contributed by atoms with Gasteiger partial charge in [-0.3, -0.25) is 4.79 Å². The molecule has 0 bridgehead atoms. The molecule has 0 aliphatic carbocycles. The molecule has 0 aliphatic heterocycles. The van der Waals surface area contributed by atoms with Crippen LogP contribution in [-0.2, 0) is 4.79 Å². The fourth-order valence-corrected chi connectivity index (χ4v) is 2.01. The predicted molar refractivity (Wildman–Crippen MR) is 78.2 cm³/mol. The van der Waals surface area contributed by atoms with Crippen LogP contribution in [0.25, 0.3) is 0 Å². The van der Waals surface area contributed by atoms with E-state index in [-0.39, 0.29) is 29.5 Å². The number of benzene rings is 1. The van der Waals surface area contributed by atoms with Crippen LogP contribution in [0, 0.1) is 17.2 Å². The van der Waals surface area contributed by atoms with Gasteiger partial charge in [-0.2, -0.15) is 0 Å². The highest BCUT2D eigenvalue weighted by molar-refractivity contribution is 5.92. The summed E-state index contributed by atoms with van der Waals surface area (Å²) in [4.78, 5) is 12.1. The minimum Gasteiger partial charge on any atom is -0.494 e. The minimum absolute atomic E-state index is 0.00648. The van der Waals surface area contributed by atoms with E-state index in [1.807, 2.05) is 0 Å². The quantitative estimate of drug-likeness (QED) is 0.872. The molecular formula is C15H23FN2O2. The molecule has 3 N–H and O–H groups in total. The molecule has 20 heavy (non-hydrogen) atoms. The number of anilines is 1. The lowest BCUT2D eigenvalue weighted by atomic mass is 9.84. The SMILES string of the molecule is COc1ccc(NC(=O)C(CN)CC(C)(C)C)cc1F. The summed E-state index contributed by atoms with van der Waals surface area (Å²) in [6.07, 6.45) is 0.675. The van der Waals surface area contributed by atoms with E-state index in [9.17, 15) is 9.18 Å². The number of nitrogens with one attached hydrogen (secondary N) is 1. The first kappa shape index (κ1) is 16.4. The number of carbonyl (C=O) groups excluding carboxylic acids is 1. The van der Waals surface area contributed by atoms with Gasteiger partial charge in [0.05, 0.1) is 13.0 Å². The molecule has 0 radical (unpaired) electrons. The van der Waals surface area contributed by atoms with Gasteiger partial charge in [-0.1, -0.05) is 20.8 Å². The lowest BCUT2D eigenvalue weighted by Gasteiger charge is -2.24. The number of ether oxygens (including phenoxy) is 1. The van der Waals surface area contributed by atoms with E-state index in [2.05, 4.69) is 26.1 Å². The second-order valence-electron chi connectivity index (χ2n) is 6.04. The molecule has 0 saturated carbocycles. The van der Waals surface area contributed by atoms with E-state index < -0.39 is 5.82 Å². The number of amides is 1. The van der Waals surface area contributed by atoms with E-state index in [1.165, 1.54) is 19.2 Å². The molecule has 4 nitrogen and oxygen atoms in total. The molecule has 1 rings (SSSR count). The summed E-state index contributed by atoms with van der Waals surface area (Å²) in [5.74, 6) is -0.842. The van der Waals surface area contributed by atoms with Gasteiger partial charge in [0, 0.05) is 18.3 Å². The molecule has 0 heterocycles. The lowest BCUT2D eigenvalue weighted by molar-refractivity contribution is -0.120. The van der Waals surface area contributed by atoms with Crippen molar-refractivity contribution in [2.75, 3.05) is 19.0 Å². The summed E-state index contributed by atoms with van der Waals surface area (Å²) >= 11 is 0. The summed E-state index contributed by atoms with van der Waals surface area (Å²) in [7, 11) is 1.39. The van der Waals surface area contributed by atoms with Gasteiger partial charge in [-0.15, -0.1) is 0 Å². The van der Waals surface area contributed by atoms with E-state index in [1.54, 1.807) is 6.07 Å². The summed E-state index contributed by atoms with van der Waals surface area (Å²) in [6, 6.07) is 4.32. The molecule has 0 aromatic heterocycles. The van der Waals surface area contributed by atoms with Gasteiger partial charge in [-0.25, -0.2) is 4.39 Å². The van der Waals surface area contributed by atoms with Crippen molar-refractivity contribution < 1.29 is 13.9 Å². The maximum absolute atomic E-state index is 13.6. The Morgan fingerprint density at radius 1 is 1.45 bits per heavy atom. The van der Waals surface area contributed by atoms with Crippen molar-refractivity contribution in [3.05, 3.63) is 24.0 Å². The number of carbonyl (C=O) groups is 1. The van der Waals surface area contributed by atoms with E-state index >= 15 is 0 Å². The second kappa shape index (κ2) is 6.70. The molecule has 0 spiro atoms. The molecule has 1 aromatic rings. The number of hydrogen-bond donors (Lipinski definition) is 2. The van der Waals surface area contributed by atoms with Crippen LogP contribution < -0.4 is 15.8 Å². The van der Waals surface area contributed by atoms with Crippen LogP contribution in [0.15, 0.2) is 18.2 Å². The van der Waals surface area contributed by atoms with Crippen molar-refractivity contribution in [1.82, 2.24) is 0 Å². The molecular weight excluding hydrogens is 259 g/mol. The standard InChI is InChI=1S/C15H23FN2O2/c1-15(2,3)8-10(9-17)14(19)18-11-5-6-13(20-4)12(16)7-11/h5-7,10H,8-9,17H2,1-4H3,(H,18,19). The largest absolute Gasteiger partial charge is 0.494 e. The number of rotatable bonds is 5. The van der Waals surface area contributed by atoms with Crippen LogP contribution in [0.2, 0.25) is 0 Å². The normalized spacial score (nSPS) is 12.9.